The molecule has 2 bridgehead atoms. The summed E-state index contributed by atoms with van der Waals surface area (Å²) < 4.78 is 4.88. The van der Waals surface area contributed by atoms with Crippen molar-refractivity contribution in [3.63, 3.8) is 0 Å². The molecule has 0 saturated carbocycles. The van der Waals surface area contributed by atoms with Crippen LogP contribution in [0.2, 0.25) is 0 Å². The van der Waals surface area contributed by atoms with E-state index in [4.69, 9.17) is 4.74 Å². The molecule has 4 nitrogen and oxygen atoms in total. The Hall–Kier alpha value is -0.810. The summed E-state index contributed by atoms with van der Waals surface area (Å²) in [5.74, 6) is -0.382. The third-order valence-electron chi connectivity index (χ3n) is 3.26. The smallest absolute Gasteiger partial charge is 0.236 e. The van der Waals surface area contributed by atoms with E-state index in [-0.39, 0.29) is 40.9 Å². The number of nitrogens with zero attached hydrogens (tertiary/aromatic N) is 1. The average Bonchev–Trinajstić information content (AvgIpc) is 2.87. The molecule has 0 aromatic heterocycles. The molecule has 2 saturated heterocycles. The molecule has 0 spiro atoms. The van der Waals surface area contributed by atoms with Crippen LogP contribution in [-0.4, -0.2) is 41.1 Å². The third-order valence-corrected chi connectivity index (χ3v) is 4.79. The van der Waals surface area contributed by atoms with E-state index in [0.717, 1.165) is 0 Å². The number of amides is 2. The van der Waals surface area contributed by atoms with E-state index in [2.05, 4.69) is 12.2 Å². The first-order valence-electron chi connectivity index (χ1n) is 4.92. The summed E-state index contributed by atoms with van der Waals surface area (Å²) in [6, 6.07) is 0. The predicted molar refractivity (Wildman–Crippen MR) is 55.0 cm³/mol. The fraction of sp³-hybridized carbons (Fsp3) is 0.600. The lowest BCUT2D eigenvalue weighted by molar-refractivity contribution is -0.145. The van der Waals surface area contributed by atoms with E-state index in [9.17, 15) is 9.59 Å². The topological polar surface area (TPSA) is 46.6 Å². The minimum absolute atomic E-state index is 0.0591. The number of carbonyl (C=O) groups is 2. The number of fused-ring (bicyclic) bond motifs is 5. The molecule has 0 N–H and O–H groups in total. The molecule has 0 aliphatic carbocycles. The lowest BCUT2D eigenvalue weighted by Gasteiger charge is -2.15. The SMILES string of the molecule is COCN1C(=O)C2C3C=CC(S3)C2C1=O. The number of thioether (sulfide) groups is 1. The maximum absolute atomic E-state index is 12.0. The van der Waals surface area contributed by atoms with Crippen LogP contribution in [-0.2, 0) is 14.3 Å². The van der Waals surface area contributed by atoms with Crippen molar-refractivity contribution in [2.45, 2.75) is 10.5 Å². The van der Waals surface area contributed by atoms with Crippen LogP contribution < -0.4 is 0 Å². The molecular formula is C10H11NO3S. The quantitative estimate of drug-likeness (QED) is 0.499. The number of ether oxygens (including phenoxy) is 1. The summed E-state index contributed by atoms with van der Waals surface area (Å²) in [7, 11) is 1.50. The van der Waals surface area contributed by atoms with Gasteiger partial charge in [-0.25, -0.2) is 0 Å². The van der Waals surface area contributed by atoms with Crippen LogP contribution >= 0.6 is 11.8 Å². The van der Waals surface area contributed by atoms with Crippen molar-refractivity contribution >= 4 is 23.6 Å². The van der Waals surface area contributed by atoms with Crippen LogP contribution in [0.5, 0.6) is 0 Å². The molecular weight excluding hydrogens is 214 g/mol. The Morgan fingerprint density at radius 3 is 2.27 bits per heavy atom. The molecule has 3 aliphatic rings. The van der Waals surface area contributed by atoms with Crippen molar-refractivity contribution in [2.75, 3.05) is 13.8 Å². The summed E-state index contributed by atoms with van der Waals surface area (Å²) in [6.45, 7) is 0.0920. The van der Waals surface area contributed by atoms with Gasteiger partial charge in [-0.2, -0.15) is 0 Å². The van der Waals surface area contributed by atoms with E-state index in [1.165, 1.54) is 12.0 Å². The van der Waals surface area contributed by atoms with Gasteiger partial charge in [0.2, 0.25) is 11.8 Å². The van der Waals surface area contributed by atoms with Gasteiger partial charge in [0.1, 0.15) is 6.73 Å². The average molecular weight is 225 g/mol. The van der Waals surface area contributed by atoms with Crippen molar-refractivity contribution in [3.8, 4) is 0 Å². The Morgan fingerprint density at radius 1 is 1.27 bits per heavy atom. The number of imide groups is 1. The maximum atomic E-state index is 12.0. The highest BCUT2D eigenvalue weighted by molar-refractivity contribution is 8.01. The molecule has 5 heteroatoms. The van der Waals surface area contributed by atoms with E-state index >= 15 is 0 Å². The summed E-state index contributed by atoms with van der Waals surface area (Å²) in [5.41, 5.74) is 0. The molecule has 4 atom stereocenters. The van der Waals surface area contributed by atoms with Gasteiger partial charge in [0.25, 0.3) is 0 Å². The molecule has 2 amide bonds. The van der Waals surface area contributed by atoms with Crippen molar-refractivity contribution < 1.29 is 14.3 Å². The Bertz CT molecular complexity index is 338. The van der Waals surface area contributed by atoms with Crippen molar-refractivity contribution in [1.29, 1.82) is 0 Å². The van der Waals surface area contributed by atoms with Gasteiger partial charge in [-0.3, -0.25) is 14.5 Å². The number of likely N-dealkylation sites (tertiary alicyclic amines) is 1. The van der Waals surface area contributed by atoms with Crippen LogP contribution in [0.4, 0.5) is 0 Å². The van der Waals surface area contributed by atoms with Crippen LogP contribution in [0.1, 0.15) is 0 Å². The molecule has 15 heavy (non-hydrogen) atoms. The zero-order chi connectivity index (χ0) is 10.6. The zero-order valence-corrected chi connectivity index (χ0v) is 9.07. The highest BCUT2D eigenvalue weighted by atomic mass is 32.2. The van der Waals surface area contributed by atoms with Crippen LogP contribution in [0, 0.1) is 11.8 Å². The zero-order valence-electron chi connectivity index (χ0n) is 8.25. The van der Waals surface area contributed by atoms with Gasteiger partial charge < -0.3 is 4.74 Å². The molecule has 2 fully saturated rings. The van der Waals surface area contributed by atoms with Gasteiger partial charge in [-0.1, -0.05) is 12.2 Å². The Kier molecular flexibility index (Phi) is 1.94. The molecule has 4 unspecified atom stereocenters. The fourth-order valence-corrected chi connectivity index (χ4v) is 4.26. The molecule has 3 rings (SSSR count). The van der Waals surface area contributed by atoms with E-state index in [1.807, 2.05) is 0 Å². The van der Waals surface area contributed by atoms with Gasteiger partial charge in [-0.15, -0.1) is 11.8 Å². The van der Waals surface area contributed by atoms with Gasteiger partial charge in [0.05, 0.1) is 11.8 Å². The lowest BCUT2D eigenvalue weighted by Crippen LogP contribution is -2.34. The summed E-state index contributed by atoms with van der Waals surface area (Å²) in [4.78, 5) is 25.2. The molecule has 0 aromatic carbocycles. The standard InChI is InChI=1S/C10H11NO3S/c1-14-4-11-9(12)7-5-2-3-6(15-5)8(7)10(11)13/h2-3,5-8H,4H2,1H3. The normalized spacial score (nSPS) is 41.8. The van der Waals surface area contributed by atoms with Crippen LogP contribution in [0.3, 0.4) is 0 Å². The van der Waals surface area contributed by atoms with E-state index < -0.39 is 0 Å². The molecule has 0 aromatic rings. The minimum atomic E-state index is -0.132. The maximum Gasteiger partial charge on any atom is 0.236 e. The summed E-state index contributed by atoms with van der Waals surface area (Å²) in [6.07, 6.45) is 4.11. The second-order valence-electron chi connectivity index (χ2n) is 4.02. The lowest BCUT2D eigenvalue weighted by atomic mass is 9.85. The molecule has 0 radical (unpaired) electrons. The number of rotatable bonds is 2. The van der Waals surface area contributed by atoms with Gasteiger partial charge in [-0.05, 0) is 0 Å². The third kappa shape index (κ3) is 1.08. The van der Waals surface area contributed by atoms with Gasteiger partial charge >= 0.3 is 0 Å². The highest BCUT2D eigenvalue weighted by Gasteiger charge is 2.59. The number of hydrogen-bond acceptors (Lipinski definition) is 4. The molecule has 80 valence electrons. The van der Waals surface area contributed by atoms with E-state index in [1.54, 1.807) is 11.8 Å². The Morgan fingerprint density at radius 2 is 1.80 bits per heavy atom. The van der Waals surface area contributed by atoms with Crippen molar-refractivity contribution in [1.82, 2.24) is 4.90 Å². The summed E-state index contributed by atoms with van der Waals surface area (Å²) >= 11 is 1.73. The van der Waals surface area contributed by atoms with Crippen LogP contribution in [0.25, 0.3) is 0 Å². The first-order valence-corrected chi connectivity index (χ1v) is 5.86. The second-order valence-corrected chi connectivity index (χ2v) is 5.38. The van der Waals surface area contributed by atoms with Crippen molar-refractivity contribution in [3.05, 3.63) is 12.2 Å². The minimum Gasteiger partial charge on any atom is -0.364 e. The number of methoxy groups -OCH3 is 1. The number of carbonyl (C=O) groups excluding carboxylic acids is 2. The predicted octanol–water partition coefficient (Wildman–Crippen LogP) is 0.245. The fourth-order valence-electron chi connectivity index (χ4n) is 2.62. The molecule has 3 aliphatic heterocycles. The van der Waals surface area contributed by atoms with E-state index in [0.29, 0.717) is 0 Å². The first-order chi connectivity index (χ1) is 7.24. The van der Waals surface area contributed by atoms with Gasteiger partial charge in [0, 0.05) is 17.6 Å². The largest absolute Gasteiger partial charge is 0.364 e. The van der Waals surface area contributed by atoms with Gasteiger partial charge in [0.15, 0.2) is 0 Å². The second kappa shape index (κ2) is 3.09. The number of hydrogen-bond donors (Lipinski definition) is 0. The van der Waals surface area contributed by atoms with Crippen LogP contribution in [0.15, 0.2) is 12.2 Å². The Balaban J connectivity index is 1.93. The Labute approximate surface area is 91.6 Å². The summed E-state index contributed by atoms with van der Waals surface area (Å²) in [5, 5.41) is 0.414. The monoisotopic (exact) mass is 225 g/mol. The first kappa shape index (κ1) is 9.42. The molecule has 3 heterocycles. The highest BCUT2D eigenvalue weighted by Crippen LogP contribution is 2.52. The van der Waals surface area contributed by atoms with Crippen molar-refractivity contribution in [2.24, 2.45) is 11.8 Å².